The molecule has 0 N–H and O–H groups in total. The Kier molecular flexibility index (Phi) is 4.64. The first kappa shape index (κ1) is 21.5. The van der Waals surface area contributed by atoms with Gasteiger partial charge in [-0.25, -0.2) is 4.98 Å². The van der Waals surface area contributed by atoms with E-state index >= 15 is 0 Å². The molecule has 38 heavy (non-hydrogen) atoms. The van der Waals surface area contributed by atoms with Crippen LogP contribution in [0.3, 0.4) is 0 Å². The Bertz CT molecular complexity index is 2170. The molecule has 0 saturated carbocycles. The molecule has 0 unspecified atom stereocenters. The molecule has 0 spiro atoms. The predicted octanol–water partition coefficient (Wildman–Crippen LogP) is 9.95. The normalized spacial score (nSPS) is 11.8. The average molecular weight is 503 g/mol. The summed E-state index contributed by atoms with van der Waals surface area (Å²) in [5.74, 6) is 0. The molecule has 178 valence electrons. The van der Waals surface area contributed by atoms with Crippen molar-refractivity contribution in [2.45, 2.75) is 6.92 Å². The topological polar surface area (TPSA) is 25.8 Å². The SMILES string of the molecule is Cc1cccc2c1sc1c(-c3cccc(-c4cnc5c6ccccc6c6ccccc6c5n4)c3)cccc12. The maximum Gasteiger partial charge on any atom is 0.0979 e. The molecule has 0 fully saturated rings. The molecule has 0 aliphatic heterocycles. The lowest BCUT2D eigenvalue weighted by Crippen LogP contribution is -1.92. The van der Waals surface area contributed by atoms with Crippen LogP contribution in [-0.2, 0) is 0 Å². The van der Waals surface area contributed by atoms with Crippen LogP contribution in [0.2, 0.25) is 0 Å². The van der Waals surface area contributed by atoms with E-state index in [0.29, 0.717) is 0 Å². The number of nitrogens with zero attached hydrogens (tertiary/aromatic N) is 2. The fraction of sp³-hybridized carbons (Fsp3) is 0.0286. The third-order valence-corrected chi connectivity index (χ3v) is 9.01. The zero-order chi connectivity index (χ0) is 25.2. The van der Waals surface area contributed by atoms with E-state index in [4.69, 9.17) is 9.97 Å². The molecule has 0 saturated heterocycles. The lowest BCUT2D eigenvalue weighted by atomic mass is 9.98. The van der Waals surface area contributed by atoms with Crippen molar-refractivity contribution in [3.63, 3.8) is 0 Å². The highest BCUT2D eigenvalue weighted by atomic mass is 32.1. The zero-order valence-electron chi connectivity index (χ0n) is 20.8. The van der Waals surface area contributed by atoms with E-state index in [1.807, 2.05) is 17.5 Å². The van der Waals surface area contributed by atoms with E-state index in [-0.39, 0.29) is 0 Å². The zero-order valence-corrected chi connectivity index (χ0v) is 21.6. The van der Waals surface area contributed by atoms with Crippen LogP contribution in [0, 0.1) is 6.92 Å². The summed E-state index contributed by atoms with van der Waals surface area (Å²) in [7, 11) is 0. The number of hydrogen-bond acceptors (Lipinski definition) is 3. The monoisotopic (exact) mass is 502 g/mol. The third-order valence-electron chi connectivity index (χ3n) is 7.62. The highest BCUT2D eigenvalue weighted by Gasteiger charge is 2.14. The van der Waals surface area contributed by atoms with Gasteiger partial charge in [-0.3, -0.25) is 4.98 Å². The molecule has 0 aliphatic carbocycles. The maximum absolute atomic E-state index is 5.21. The number of aryl methyl sites for hydroxylation is 1. The Morgan fingerprint density at radius 1 is 0.526 bits per heavy atom. The van der Waals surface area contributed by atoms with Crippen LogP contribution >= 0.6 is 11.3 Å². The standard InChI is InChI=1S/C35H22N2S/c1-21-9-6-17-29-30-18-8-16-24(35(30)38-34(21)29)22-10-7-11-23(19-22)31-20-36-32-27-14-4-2-12-25(27)26-13-3-5-15-28(26)33(32)37-31/h2-20H,1H3. The summed E-state index contributed by atoms with van der Waals surface area (Å²) in [5, 5.41) is 7.36. The van der Waals surface area contributed by atoms with Crippen molar-refractivity contribution in [1.82, 2.24) is 9.97 Å². The highest BCUT2D eigenvalue weighted by molar-refractivity contribution is 7.26. The second-order valence-corrected chi connectivity index (χ2v) is 10.9. The van der Waals surface area contributed by atoms with Crippen LogP contribution in [0.5, 0.6) is 0 Å². The quantitative estimate of drug-likeness (QED) is 0.220. The van der Waals surface area contributed by atoms with Gasteiger partial charge in [0.15, 0.2) is 0 Å². The summed E-state index contributed by atoms with van der Waals surface area (Å²) in [5.41, 5.74) is 7.64. The number of aromatic nitrogens is 2. The number of hydrogen-bond donors (Lipinski definition) is 0. The van der Waals surface area contributed by atoms with Crippen LogP contribution in [0.1, 0.15) is 5.56 Å². The lowest BCUT2D eigenvalue weighted by molar-refractivity contribution is 1.31. The fourth-order valence-corrected chi connectivity index (χ4v) is 7.10. The molecule has 0 aliphatic rings. The van der Waals surface area contributed by atoms with Crippen LogP contribution < -0.4 is 0 Å². The van der Waals surface area contributed by atoms with Crippen LogP contribution in [0.4, 0.5) is 0 Å². The number of benzene rings is 6. The van der Waals surface area contributed by atoms with Gasteiger partial charge in [0.05, 0.1) is 22.9 Å². The van der Waals surface area contributed by atoms with Gasteiger partial charge in [0.25, 0.3) is 0 Å². The largest absolute Gasteiger partial charge is 0.252 e. The Labute approximate surface area is 223 Å². The Hall–Kier alpha value is -4.60. The minimum atomic E-state index is 0.888. The Morgan fingerprint density at radius 2 is 1.13 bits per heavy atom. The molecule has 8 aromatic rings. The molecule has 0 amide bonds. The van der Waals surface area contributed by atoms with Gasteiger partial charge >= 0.3 is 0 Å². The molecular formula is C35H22N2S. The smallest absolute Gasteiger partial charge is 0.0979 e. The first-order chi connectivity index (χ1) is 18.8. The van der Waals surface area contributed by atoms with Gasteiger partial charge in [-0.2, -0.15) is 0 Å². The third kappa shape index (κ3) is 3.12. The van der Waals surface area contributed by atoms with E-state index < -0.39 is 0 Å². The van der Waals surface area contributed by atoms with Gasteiger partial charge < -0.3 is 0 Å². The van der Waals surface area contributed by atoms with Gasteiger partial charge in [0.2, 0.25) is 0 Å². The summed E-state index contributed by atoms with van der Waals surface area (Å²) < 4.78 is 2.70. The van der Waals surface area contributed by atoms with Crippen LogP contribution in [0.15, 0.2) is 115 Å². The van der Waals surface area contributed by atoms with E-state index in [1.165, 1.54) is 47.6 Å². The number of thiophene rings is 1. The molecule has 3 heteroatoms. The van der Waals surface area contributed by atoms with Crippen molar-refractivity contribution in [3.05, 3.63) is 121 Å². The number of fused-ring (bicyclic) bond motifs is 9. The summed E-state index contributed by atoms with van der Waals surface area (Å²) in [4.78, 5) is 10.2. The average Bonchev–Trinajstić information content (AvgIpc) is 3.37. The minimum absolute atomic E-state index is 0.888. The van der Waals surface area contributed by atoms with Gasteiger partial charge in [-0.05, 0) is 40.5 Å². The Morgan fingerprint density at radius 3 is 1.92 bits per heavy atom. The Balaban J connectivity index is 1.34. The van der Waals surface area contributed by atoms with Crippen molar-refractivity contribution < 1.29 is 0 Å². The van der Waals surface area contributed by atoms with Crippen molar-refractivity contribution in [2.75, 3.05) is 0 Å². The van der Waals surface area contributed by atoms with Gasteiger partial charge in [-0.15, -0.1) is 11.3 Å². The summed E-state index contributed by atoms with van der Waals surface area (Å²) in [6, 6.07) is 39.0. The van der Waals surface area contributed by atoms with Crippen LogP contribution in [-0.4, -0.2) is 9.97 Å². The second kappa shape index (κ2) is 8.20. The molecule has 6 aromatic carbocycles. The molecule has 0 atom stereocenters. The van der Waals surface area contributed by atoms with Crippen molar-refractivity contribution in [1.29, 1.82) is 0 Å². The summed E-state index contributed by atoms with van der Waals surface area (Å²) in [6.07, 6.45) is 1.92. The molecule has 0 bridgehead atoms. The minimum Gasteiger partial charge on any atom is -0.252 e. The van der Waals surface area contributed by atoms with E-state index in [1.54, 1.807) is 0 Å². The van der Waals surface area contributed by atoms with Crippen molar-refractivity contribution >= 4 is 64.1 Å². The number of rotatable bonds is 2. The summed E-state index contributed by atoms with van der Waals surface area (Å²) in [6.45, 7) is 2.20. The maximum atomic E-state index is 5.21. The van der Waals surface area contributed by atoms with E-state index in [2.05, 4.69) is 116 Å². The molecule has 0 radical (unpaired) electrons. The second-order valence-electron chi connectivity index (χ2n) is 9.86. The highest BCUT2D eigenvalue weighted by Crippen LogP contribution is 2.42. The van der Waals surface area contributed by atoms with Crippen LogP contribution in [0.25, 0.3) is 75.1 Å². The molecule has 2 aromatic heterocycles. The van der Waals surface area contributed by atoms with E-state index in [0.717, 1.165) is 33.1 Å². The summed E-state index contributed by atoms with van der Waals surface area (Å²) >= 11 is 1.89. The van der Waals surface area contributed by atoms with Crippen molar-refractivity contribution in [2.24, 2.45) is 0 Å². The molecule has 8 rings (SSSR count). The first-order valence-corrected chi connectivity index (χ1v) is 13.7. The fourth-order valence-electron chi connectivity index (χ4n) is 5.80. The van der Waals surface area contributed by atoms with E-state index in [9.17, 15) is 0 Å². The predicted molar refractivity (Wildman–Crippen MR) is 163 cm³/mol. The van der Waals surface area contributed by atoms with Crippen molar-refractivity contribution in [3.8, 4) is 22.4 Å². The van der Waals surface area contributed by atoms with Gasteiger partial charge in [0.1, 0.15) is 0 Å². The molecular weight excluding hydrogens is 480 g/mol. The molecule has 2 nitrogen and oxygen atoms in total. The van der Waals surface area contributed by atoms with Gasteiger partial charge in [0, 0.05) is 36.5 Å². The van der Waals surface area contributed by atoms with Gasteiger partial charge in [-0.1, -0.05) is 103 Å². The lowest BCUT2D eigenvalue weighted by Gasteiger charge is -2.11. The first-order valence-electron chi connectivity index (χ1n) is 12.8. The molecule has 2 heterocycles.